The van der Waals surface area contributed by atoms with Crippen LogP contribution in [-0.4, -0.2) is 29.5 Å². The van der Waals surface area contributed by atoms with Crippen LogP contribution in [0.4, 0.5) is 0 Å². The maximum atomic E-state index is 6.09. The van der Waals surface area contributed by atoms with E-state index in [2.05, 4.69) is 32.5 Å². The van der Waals surface area contributed by atoms with Gasteiger partial charge in [0.25, 0.3) is 0 Å². The summed E-state index contributed by atoms with van der Waals surface area (Å²) in [5.74, 6) is 0.778. The minimum absolute atomic E-state index is 0. The number of nitrogens with one attached hydrogen (secondary N) is 3. The summed E-state index contributed by atoms with van der Waals surface area (Å²) >= 11 is 7.78. The van der Waals surface area contributed by atoms with E-state index in [0.717, 1.165) is 34.5 Å². The monoisotopic (exact) mass is 489 g/mol. The van der Waals surface area contributed by atoms with Crippen LogP contribution in [0.3, 0.4) is 0 Å². The van der Waals surface area contributed by atoms with E-state index in [-0.39, 0.29) is 24.0 Å². The summed E-state index contributed by atoms with van der Waals surface area (Å²) in [5, 5.41) is 9.60. The predicted molar refractivity (Wildman–Crippen MR) is 117 cm³/mol. The maximum Gasteiger partial charge on any atom is 0.191 e. The minimum atomic E-state index is 0. The Bertz CT molecular complexity index is 858. The number of hydrogen-bond acceptors (Lipinski definition) is 3. The van der Waals surface area contributed by atoms with Crippen molar-refractivity contribution in [2.75, 3.05) is 13.6 Å². The minimum Gasteiger partial charge on any atom is -0.361 e. The third-order valence-corrected chi connectivity index (χ3v) is 4.86. The Morgan fingerprint density at radius 1 is 1.36 bits per heavy atom. The van der Waals surface area contributed by atoms with E-state index < -0.39 is 0 Å². The van der Waals surface area contributed by atoms with E-state index in [4.69, 9.17) is 11.6 Å². The molecule has 1 aromatic carbocycles. The first-order valence-electron chi connectivity index (χ1n) is 7.77. The van der Waals surface area contributed by atoms with E-state index in [1.165, 1.54) is 15.8 Å². The molecule has 3 aromatic rings. The van der Waals surface area contributed by atoms with Gasteiger partial charge in [0.15, 0.2) is 5.96 Å². The van der Waals surface area contributed by atoms with Gasteiger partial charge in [-0.1, -0.05) is 11.6 Å². The number of aliphatic imine (C=N–C) groups is 1. The lowest BCUT2D eigenvalue weighted by Crippen LogP contribution is -2.37. The van der Waals surface area contributed by atoms with Crippen molar-refractivity contribution in [2.45, 2.75) is 19.9 Å². The molecule has 2 heterocycles. The molecule has 2 aromatic heterocycles. The highest BCUT2D eigenvalue weighted by Gasteiger charge is 2.05. The van der Waals surface area contributed by atoms with Crippen molar-refractivity contribution in [3.63, 3.8) is 0 Å². The summed E-state index contributed by atoms with van der Waals surface area (Å²) in [6.07, 6.45) is 4.81. The van der Waals surface area contributed by atoms with Gasteiger partial charge in [0, 0.05) is 46.8 Å². The van der Waals surface area contributed by atoms with Gasteiger partial charge in [-0.2, -0.15) is 0 Å². The van der Waals surface area contributed by atoms with E-state index in [0.29, 0.717) is 6.54 Å². The Morgan fingerprint density at radius 3 is 2.92 bits per heavy atom. The highest BCUT2D eigenvalue weighted by Crippen LogP contribution is 2.22. The highest BCUT2D eigenvalue weighted by molar-refractivity contribution is 14.0. The molecule has 25 heavy (non-hydrogen) atoms. The van der Waals surface area contributed by atoms with Gasteiger partial charge >= 0.3 is 0 Å². The second-order valence-electron chi connectivity index (χ2n) is 5.47. The van der Waals surface area contributed by atoms with E-state index >= 15 is 0 Å². The van der Waals surface area contributed by atoms with Crippen molar-refractivity contribution < 1.29 is 0 Å². The highest BCUT2D eigenvalue weighted by atomic mass is 127. The molecule has 0 atom stereocenters. The molecule has 0 bridgehead atoms. The number of aromatic nitrogens is 2. The van der Waals surface area contributed by atoms with Gasteiger partial charge in [0.2, 0.25) is 0 Å². The fourth-order valence-corrected chi connectivity index (χ4v) is 3.44. The molecule has 3 N–H and O–H groups in total. The Morgan fingerprint density at radius 2 is 2.20 bits per heavy atom. The molecular formula is C17H21ClIN5S. The lowest BCUT2D eigenvalue weighted by atomic mass is 10.1. The van der Waals surface area contributed by atoms with Crippen molar-refractivity contribution in [3.05, 3.63) is 51.1 Å². The van der Waals surface area contributed by atoms with Gasteiger partial charge in [0.1, 0.15) is 5.01 Å². The Balaban J connectivity index is 0.00000225. The van der Waals surface area contributed by atoms with Crippen LogP contribution in [0.15, 0.2) is 35.6 Å². The number of H-pyrrole nitrogens is 1. The second-order valence-corrected chi connectivity index (χ2v) is 7.23. The largest absolute Gasteiger partial charge is 0.361 e. The average molecular weight is 490 g/mol. The molecule has 0 unspecified atom stereocenters. The number of thiazole rings is 1. The molecule has 3 rings (SSSR count). The van der Waals surface area contributed by atoms with Crippen LogP contribution < -0.4 is 10.6 Å². The van der Waals surface area contributed by atoms with Crippen LogP contribution in [0.2, 0.25) is 5.02 Å². The first kappa shape index (κ1) is 20.0. The summed E-state index contributed by atoms with van der Waals surface area (Å²) in [6, 6.07) is 5.90. The van der Waals surface area contributed by atoms with Crippen LogP contribution in [0, 0.1) is 6.92 Å². The smallest absolute Gasteiger partial charge is 0.191 e. The van der Waals surface area contributed by atoms with Gasteiger partial charge in [-0.3, -0.25) is 4.99 Å². The Hall–Kier alpha value is -1.32. The van der Waals surface area contributed by atoms with Crippen molar-refractivity contribution in [1.82, 2.24) is 20.6 Å². The van der Waals surface area contributed by atoms with Crippen LogP contribution in [0.1, 0.15) is 15.4 Å². The van der Waals surface area contributed by atoms with E-state index in [1.54, 1.807) is 18.4 Å². The SMILES string of the molecule is CN=C(NCCc1c[nH]c2ccc(Cl)cc12)NCc1ncc(C)s1.I. The molecule has 0 spiro atoms. The average Bonchev–Trinajstić information content (AvgIpc) is 3.17. The number of fused-ring (bicyclic) bond motifs is 1. The van der Waals surface area contributed by atoms with Crippen molar-refractivity contribution >= 4 is 63.8 Å². The van der Waals surface area contributed by atoms with Gasteiger partial charge < -0.3 is 15.6 Å². The van der Waals surface area contributed by atoms with Gasteiger partial charge in [-0.15, -0.1) is 35.3 Å². The van der Waals surface area contributed by atoms with E-state index in [1.807, 2.05) is 30.6 Å². The summed E-state index contributed by atoms with van der Waals surface area (Å²) in [5.41, 5.74) is 2.35. The fraction of sp³-hybridized carbons (Fsp3) is 0.294. The number of aromatic amines is 1. The molecule has 0 saturated carbocycles. The van der Waals surface area contributed by atoms with Crippen LogP contribution in [-0.2, 0) is 13.0 Å². The number of hydrogen-bond donors (Lipinski definition) is 3. The van der Waals surface area contributed by atoms with Gasteiger partial charge in [-0.05, 0) is 37.1 Å². The number of nitrogens with zero attached hydrogens (tertiary/aromatic N) is 2. The molecule has 134 valence electrons. The number of benzene rings is 1. The lowest BCUT2D eigenvalue weighted by Gasteiger charge is -2.10. The number of aryl methyl sites for hydroxylation is 1. The Labute approximate surface area is 173 Å². The molecule has 0 aliphatic heterocycles. The Kier molecular flexibility index (Phi) is 7.52. The standard InChI is InChI=1S/C17H20ClN5S.HI/c1-11-8-22-16(24-11)10-23-17(19-2)20-6-5-12-9-21-15-4-3-13(18)7-14(12)15;/h3-4,7-9,21H,5-6,10H2,1-2H3,(H2,19,20,23);1H. The summed E-state index contributed by atoms with van der Waals surface area (Å²) < 4.78 is 0. The van der Waals surface area contributed by atoms with Gasteiger partial charge in [-0.25, -0.2) is 4.98 Å². The van der Waals surface area contributed by atoms with Crippen LogP contribution >= 0.6 is 46.9 Å². The molecule has 5 nitrogen and oxygen atoms in total. The summed E-state index contributed by atoms with van der Waals surface area (Å²) in [6.45, 7) is 3.53. The van der Waals surface area contributed by atoms with E-state index in [9.17, 15) is 0 Å². The molecule has 0 radical (unpaired) electrons. The first-order chi connectivity index (χ1) is 11.7. The molecule has 0 aliphatic rings. The van der Waals surface area contributed by atoms with Crippen molar-refractivity contribution in [3.8, 4) is 0 Å². The van der Waals surface area contributed by atoms with Crippen LogP contribution in [0.25, 0.3) is 10.9 Å². The zero-order valence-electron chi connectivity index (χ0n) is 14.1. The number of halogens is 2. The lowest BCUT2D eigenvalue weighted by molar-refractivity contribution is 0.793. The summed E-state index contributed by atoms with van der Waals surface area (Å²) in [4.78, 5) is 13.1. The van der Waals surface area contributed by atoms with Gasteiger partial charge in [0.05, 0.1) is 6.54 Å². The predicted octanol–water partition coefficient (Wildman–Crippen LogP) is 4.11. The molecule has 0 saturated heterocycles. The molecular weight excluding hydrogens is 469 g/mol. The summed E-state index contributed by atoms with van der Waals surface area (Å²) in [7, 11) is 1.77. The fourth-order valence-electron chi connectivity index (χ4n) is 2.54. The normalized spacial score (nSPS) is 11.4. The second kappa shape index (κ2) is 9.40. The number of guanidine groups is 1. The zero-order chi connectivity index (χ0) is 16.9. The van der Waals surface area contributed by atoms with Crippen LogP contribution in [0.5, 0.6) is 0 Å². The van der Waals surface area contributed by atoms with Crippen molar-refractivity contribution in [1.29, 1.82) is 0 Å². The third-order valence-electron chi connectivity index (χ3n) is 3.72. The topological polar surface area (TPSA) is 65.1 Å². The molecule has 0 amide bonds. The molecule has 0 aliphatic carbocycles. The number of rotatable bonds is 5. The molecule has 0 fully saturated rings. The first-order valence-corrected chi connectivity index (χ1v) is 8.96. The maximum absolute atomic E-state index is 6.09. The molecule has 8 heteroatoms. The quantitative estimate of drug-likeness (QED) is 0.287. The zero-order valence-corrected chi connectivity index (χ0v) is 18.0. The third kappa shape index (κ3) is 5.32. The van der Waals surface area contributed by atoms with Crippen molar-refractivity contribution in [2.24, 2.45) is 4.99 Å².